The van der Waals surface area contributed by atoms with Gasteiger partial charge in [0.1, 0.15) is 6.10 Å². The van der Waals surface area contributed by atoms with E-state index in [1.165, 1.54) is 6.92 Å². The molecule has 1 N–H and O–H groups in total. The molecule has 14 heavy (non-hydrogen) atoms. The van der Waals surface area contributed by atoms with Crippen molar-refractivity contribution in [2.45, 2.75) is 33.0 Å². The summed E-state index contributed by atoms with van der Waals surface area (Å²) in [5.74, 6) is 0. The van der Waals surface area contributed by atoms with Crippen molar-refractivity contribution in [1.29, 1.82) is 5.41 Å². The summed E-state index contributed by atoms with van der Waals surface area (Å²) < 4.78 is 4.70. The first-order valence-electron chi connectivity index (χ1n) is 4.13. The summed E-state index contributed by atoms with van der Waals surface area (Å²) >= 11 is 0. The minimum atomic E-state index is -0.885. The number of amides is 2. The van der Waals surface area contributed by atoms with Crippen molar-refractivity contribution in [3.63, 3.8) is 0 Å². The molecule has 0 saturated heterocycles. The van der Waals surface area contributed by atoms with E-state index < -0.39 is 12.2 Å². The molecule has 1 atom stereocenters. The molecule has 6 nitrogen and oxygen atoms in total. The van der Waals surface area contributed by atoms with Crippen LogP contribution in [0.3, 0.4) is 0 Å². The smallest absolute Gasteiger partial charge is 0.441 e. The molecular weight excluding hydrogens is 188 g/mol. The van der Waals surface area contributed by atoms with Crippen LogP contribution in [0.1, 0.15) is 20.8 Å². The molecule has 1 unspecified atom stereocenters. The molecule has 0 aliphatic carbocycles. The highest BCUT2D eigenvalue weighted by molar-refractivity contribution is 5.78. The fourth-order valence-corrected chi connectivity index (χ4v) is 0.574. The van der Waals surface area contributed by atoms with E-state index in [2.05, 4.69) is 0 Å². The van der Waals surface area contributed by atoms with Gasteiger partial charge in [-0.1, -0.05) is 0 Å². The molecule has 0 aliphatic rings. The van der Waals surface area contributed by atoms with Crippen molar-refractivity contribution in [2.24, 2.45) is 0 Å². The number of ether oxygens (including phenoxy) is 1. The standard InChI is InChI=1S/C8H14N2O4/c1-6(2)13-8(12)10(5-11)14-7(3)4-9/h4-7,9H,1-3H3. The maximum Gasteiger partial charge on any atom is 0.441 e. The van der Waals surface area contributed by atoms with Crippen molar-refractivity contribution in [3.05, 3.63) is 0 Å². The van der Waals surface area contributed by atoms with Crippen molar-refractivity contribution in [1.82, 2.24) is 5.06 Å². The lowest BCUT2D eigenvalue weighted by molar-refractivity contribution is -0.167. The van der Waals surface area contributed by atoms with Crippen molar-refractivity contribution in [3.8, 4) is 0 Å². The minimum absolute atomic E-state index is 0.199. The van der Waals surface area contributed by atoms with Crippen LogP contribution in [0.4, 0.5) is 4.79 Å². The fourth-order valence-electron chi connectivity index (χ4n) is 0.574. The highest BCUT2D eigenvalue weighted by Crippen LogP contribution is 1.99. The number of nitrogens with one attached hydrogen (secondary N) is 1. The van der Waals surface area contributed by atoms with Gasteiger partial charge in [-0.3, -0.25) is 9.63 Å². The minimum Gasteiger partial charge on any atom is -0.445 e. The molecule has 0 aromatic heterocycles. The third kappa shape index (κ3) is 4.56. The number of carbonyl (C=O) groups excluding carboxylic acids is 2. The quantitative estimate of drug-likeness (QED) is 0.409. The topological polar surface area (TPSA) is 79.7 Å². The molecular formula is C8H14N2O4. The van der Waals surface area contributed by atoms with E-state index >= 15 is 0 Å². The second-order valence-electron chi connectivity index (χ2n) is 2.84. The summed E-state index contributed by atoms with van der Waals surface area (Å²) in [5, 5.41) is 7.24. The van der Waals surface area contributed by atoms with Gasteiger partial charge >= 0.3 is 6.09 Å². The highest BCUT2D eigenvalue weighted by atomic mass is 16.7. The zero-order valence-corrected chi connectivity index (χ0v) is 8.39. The van der Waals surface area contributed by atoms with Gasteiger partial charge in [-0.25, -0.2) is 4.79 Å². The summed E-state index contributed by atoms with van der Waals surface area (Å²) in [5.41, 5.74) is 0. The second kappa shape index (κ2) is 6.09. The average Bonchev–Trinajstić information content (AvgIpc) is 2.12. The summed E-state index contributed by atoms with van der Waals surface area (Å²) in [6, 6.07) is 0. The number of hydroxylamine groups is 2. The van der Waals surface area contributed by atoms with E-state index in [-0.39, 0.29) is 12.5 Å². The summed E-state index contributed by atoms with van der Waals surface area (Å²) in [4.78, 5) is 26.3. The predicted octanol–water partition coefficient (Wildman–Crippen LogP) is 0.959. The van der Waals surface area contributed by atoms with Crippen LogP contribution in [0.25, 0.3) is 0 Å². The Morgan fingerprint density at radius 2 is 2.00 bits per heavy atom. The lowest BCUT2D eigenvalue weighted by Gasteiger charge is -2.18. The van der Waals surface area contributed by atoms with Crippen LogP contribution < -0.4 is 0 Å². The number of carbonyl (C=O) groups is 2. The molecule has 0 fully saturated rings. The van der Waals surface area contributed by atoms with Crippen molar-refractivity contribution in [2.75, 3.05) is 0 Å². The van der Waals surface area contributed by atoms with Crippen LogP contribution in [0.2, 0.25) is 0 Å². The zero-order valence-electron chi connectivity index (χ0n) is 8.39. The molecule has 0 aromatic rings. The number of hydrogen-bond acceptors (Lipinski definition) is 5. The van der Waals surface area contributed by atoms with E-state index in [9.17, 15) is 9.59 Å². The van der Waals surface area contributed by atoms with Gasteiger partial charge in [0.15, 0.2) is 0 Å². The van der Waals surface area contributed by atoms with Gasteiger partial charge in [0, 0.05) is 6.21 Å². The number of imide groups is 1. The molecule has 0 bridgehead atoms. The molecule has 6 heteroatoms. The first kappa shape index (κ1) is 12.6. The molecule has 2 amide bonds. The molecule has 0 aliphatic heterocycles. The molecule has 0 rings (SSSR count). The van der Waals surface area contributed by atoms with Gasteiger partial charge in [-0.2, -0.15) is 0 Å². The largest absolute Gasteiger partial charge is 0.445 e. The first-order chi connectivity index (χ1) is 6.51. The average molecular weight is 202 g/mol. The second-order valence-corrected chi connectivity index (χ2v) is 2.84. The number of hydrogen-bond donors (Lipinski definition) is 1. The molecule has 0 saturated carbocycles. The monoisotopic (exact) mass is 202 g/mol. The van der Waals surface area contributed by atoms with Gasteiger partial charge in [-0.05, 0) is 20.8 Å². The fraction of sp³-hybridized carbons (Fsp3) is 0.625. The molecule has 0 radical (unpaired) electrons. The van der Waals surface area contributed by atoms with Gasteiger partial charge in [-0.15, -0.1) is 5.06 Å². The Hall–Kier alpha value is -1.43. The first-order valence-corrected chi connectivity index (χ1v) is 4.13. The van der Waals surface area contributed by atoms with E-state index in [1.807, 2.05) is 0 Å². The zero-order chi connectivity index (χ0) is 11.1. The SMILES string of the molecule is CC(C)OC(=O)N(C=O)OC(C)C=N. The van der Waals surface area contributed by atoms with Crippen LogP contribution in [-0.2, 0) is 14.4 Å². The van der Waals surface area contributed by atoms with Crippen LogP contribution >= 0.6 is 0 Å². The normalized spacial score (nSPS) is 12.0. The summed E-state index contributed by atoms with van der Waals surface area (Å²) in [6.07, 6.45) is -0.711. The maximum absolute atomic E-state index is 11.1. The Kier molecular flexibility index (Phi) is 5.47. The van der Waals surface area contributed by atoms with E-state index in [0.717, 1.165) is 6.21 Å². The molecule has 0 spiro atoms. The summed E-state index contributed by atoms with van der Waals surface area (Å²) in [7, 11) is 0. The van der Waals surface area contributed by atoms with E-state index in [0.29, 0.717) is 5.06 Å². The van der Waals surface area contributed by atoms with Crippen LogP contribution in [-0.4, -0.2) is 36.0 Å². The molecule has 80 valence electrons. The Bertz CT molecular complexity index is 217. The number of rotatable bonds is 5. The third-order valence-electron chi connectivity index (χ3n) is 1.13. The lowest BCUT2D eigenvalue weighted by Crippen LogP contribution is -2.35. The lowest BCUT2D eigenvalue weighted by atomic mass is 10.5. The van der Waals surface area contributed by atoms with Crippen molar-refractivity contribution < 1.29 is 19.2 Å². The molecule has 0 heterocycles. The third-order valence-corrected chi connectivity index (χ3v) is 1.13. The Morgan fingerprint density at radius 3 is 2.36 bits per heavy atom. The van der Waals surface area contributed by atoms with Crippen LogP contribution in [0, 0.1) is 5.41 Å². The van der Waals surface area contributed by atoms with Gasteiger partial charge in [0.25, 0.3) is 0 Å². The Balaban J connectivity index is 4.18. The van der Waals surface area contributed by atoms with E-state index in [4.69, 9.17) is 15.0 Å². The van der Waals surface area contributed by atoms with Crippen LogP contribution in [0.5, 0.6) is 0 Å². The van der Waals surface area contributed by atoms with Gasteiger partial charge < -0.3 is 10.1 Å². The highest BCUT2D eigenvalue weighted by Gasteiger charge is 2.18. The molecule has 0 aromatic carbocycles. The van der Waals surface area contributed by atoms with Crippen molar-refractivity contribution >= 4 is 18.7 Å². The van der Waals surface area contributed by atoms with Crippen LogP contribution in [0.15, 0.2) is 0 Å². The van der Waals surface area contributed by atoms with Gasteiger partial charge in [0.05, 0.1) is 6.10 Å². The Morgan fingerprint density at radius 1 is 1.43 bits per heavy atom. The van der Waals surface area contributed by atoms with Gasteiger partial charge in [0.2, 0.25) is 6.41 Å². The maximum atomic E-state index is 11.1. The Labute approximate surface area is 82.2 Å². The number of nitrogens with zero attached hydrogens (tertiary/aromatic N) is 1. The summed E-state index contributed by atoms with van der Waals surface area (Å²) in [6.45, 7) is 4.83. The van der Waals surface area contributed by atoms with E-state index in [1.54, 1.807) is 13.8 Å². The predicted molar refractivity (Wildman–Crippen MR) is 48.9 cm³/mol.